The quantitative estimate of drug-likeness (QED) is 0.649. The zero-order valence-corrected chi connectivity index (χ0v) is 10.2. The van der Waals surface area contributed by atoms with Crippen LogP contribution in [-0.4, -0.2) is 11.1 Å². The first kappa shape index (κ1) is 12.8. The molecule has 5 heteroatoms. The summed E-state index contributed by atoms with van der Waals surface area (Å²) >= 11 is 0. The number of carbonyl (C=O) groups is 1. The average molecular weight is 255 g/mol. The van der Waals surface area contributed by atoms with Crippen molar-refractivity contribution in [3.63, 3.8) is 0 Å². The zero-order chi connectivity index (χ0) is 13.7. The van der Waals surface area contributed by atoms with Gasteiger partial charge in [-0.05, 0) is 42.0 Å². The Labute approximate surface area is 110 Å². The minimum atomic E-state index is -0.953. The molecular formula is C14H13N3O2. The first-order valence-corrected chi connectivity index (χ1v) is 5.70. The van der Waals surface area contributed by atoms with Crippen molar-refractivity contribution in [2.45, 2.75) is 6.54 Å². The van der Waals surface area contributed by atoms with E-state index in [-0.39, 0.29) is 5.56 Å². The standard InChI is InChI=1S/C14H13N3O2/c15-12-5-1-10(2-6-12)9-16-17-13-7-3-11(4-8-13)14(18)19/h1-8H,9,15H2,(H,18,19). The second kappa shape index (κ2) is 5.77. The Morgan fingerprint density at radius 3 is 2.26 bits per heavy atom. The van der Waals surface area contributed by atoms with Crippen LogP contribution in [0.15, 0.2) is 58.8 Å². The number of azo groups is 1. The summed E-state index contributed by atoms with van der Waals surface area (Å²) in [7, 11) is 0. The van der Waals surface area contributed by atoms with E-state index in [2.05, 4.69) is 10.2 Å². The van der Waals surface area contributed by atoms with Crippen molar-refractivity contribution in [1.82, 2.24) is 0 Å². The van der Waals surface area contributed by atoms with Gasteiger partial charge in [0.15, 0.2) is 0 Å². The molecule has 0 spiro atoms. The van der Waals surface area contributed by atoms with Crippen molar-refractivity contribution in [2.75, 3.05) is 5.73 Å². The minimum absolute atomic E-state index is 0.234. The fourth-order valence-electron chi connectivity index (χ4n) is 1.49. The third kappa shape index (κ3) is 3.64. The molecule has 0 aliphatic rings. The number of nitrogens with two attached hydrogens (primary N) is 1. The molecule has 2 aromatic carbocycles. The lowest BCUT2D eigenvalue weighted by molar-refractivity contribution is 0.0697. The molecule has 0 fully saturated rings. The average Bonchev–Trinajstić information content (AvgIpc) is 2.41. The summed E-state index contributed by atoms with van der Waals surface area (Å²) in [4.78, 5) is 10.7. The van der Waals surface area contributed by atoms with E-state index in [1.54, 1.807) is 12.1 Å². The van der Waals surface area contributed by atoms with Gasteiger partial charge in [0.05, 0.1) is 17.8 Å². The molecule has 0 unspecified atom stereocenters. The van der Waals surface area contributed by atoms with Crippen molar-refractivity contribution in [3.8, 4) is 0 Å². The van der Waals surface area contributed by atoms with Gasteiger partial charge >= 0.3 is 5.97 Å². The van der Waals surface area contributed by atoms with Gasteiger partial charge in [-0.25, -0.2) is 4.79 Å². The number of nitrogens with zero attached hydrogens (tertiary/aromatic N) is 2. The van der Waals surface area contributed by atoms with Crippen LogP contribution in [0.4, 0.5) is 11.4 Å². The zero-order valence-electron chi connectivity index (χ0n) is 10.2. The number of benzene rings is 2. The van der Waals surface area contributed by atoms with Crippen molar-refractivity contribution in [1.29, 1.82) is 0 Å². The van der Waals surface area contributed by atoms with Crippen molar-refractivity contribution < 1.29 is 9.90 Å². The molecular weight excluding hydrogens is 242 g/mol. The molecule has 0 atom stereocenters. The lowest BCUT2D eigenvalue weighted by Gasteiger charge is -1.97. The number of carboxylic acid groups (broad SMARTS) is 1. The van der Waals surface area contributed by atoms with E-state index in [0.29, 0.717) is 17.9 Å². The van der Waals surface area contributed by atoms with Crippen LogP contribution in [0.3, 0.4) is 0 Å². The number of nitrogen functional groups attached to an aromatic ring is 1. The highest BCUT2D eigenvalue weighted by atomic mass is 16.4. The van der Waals surface area contributed by atoms with Gasteiger partial charge in [-0.15, -0.1) is 0 Å². The number of carboxylic acids is 1. The number of anilines is 1. The van der Waals surface area contributed by atoms with Gasteiger partial charge in [0.2, 0.25) is 0 Å². The molecule has 96 valence electrons. The maximum Gasteiger partial charge on any atom is 0.335 e. The van der Waals surface area contributed by atoms with Crippen molar-refractivity contribution >= 4 is 17.3 Å². The fourth-order valence-corrected chi connectivity index (χ4v) is 1.49. The highest BCUT2D eigenvalue weighted by Crippen LogP contribution is 2.14. The molecule has 3 N–H and O–H groups in total. The molecule has 0 heterocycles. The molecule has 2 rings (SSSR count). The van der Waals surface area contributed by atoms with Gasteiger partial charge in [-0.3, -0.25) is 0 Å². The number of hydrogen-bond acceptors (Lipinski definition) is 4. The smallest absolute Gasteiger partial charge is 0.335 e. The Morgan fingerprint density at radius 2 is 1.68 bits per heavy atom. The Morgan fingerprint density at radius 1 is 1.05 bits per heavy atom. The van der Waals surface area contributed by atoms with Crippen molar-refractivity contribution in [3.05, 3.63) is 59.7 Å². The Hall–Kier alpha value is -2.69. The van der Waals surface area contributed by atoms with Crippen LogP contribution in [-0.2, 0) is 6.54 Å². The van der Waals surface area contributed by atoms with Crippen LogP contribution < -0.4 is 5.73 Å². The Bertz CT molecular complexity index is 589. The normalized spacial score (nSPS) is 10.7. The van der Waals surface area contributed by atoms with E-state index in [1.807, 2.05) is 24.3 Å². The van der Waals surface area contributed by atoms with Gasteiger partial charge in [-0.1, -0.05) is 12.1 Å². The van der Waals surface area contributed by atoms with E-state index >= 15 is 0 Å². The molecule has 0 bridgehead atoms. The summed E-state index contributed by atoms with van der Waals surface area (Å²) in [6.07, 6.45) is 0. The second-order valence-electron chi connectivity index (χ2n) is 3.99. The molecule has 0 aliphatic carbocycles. The van der Waals surface area contributed by atoms with Gasteiger partial charge in [0.1, 0.15) is 0 Å². The summed E-state index contributed by atoms with van der Waals surface area (Å²) in [6.45, 7) is 0.459. The van der Waals surface area contributed by atoms with Crippen LogP contribution in [0, 0.1) is 0 Å². The molecule has 0 aromatic heterocycles. The molecule has 2 aromatic rings. The highest BCUT2D eigenvalue weighted by molar-refractivity contribution is 5.87. The van der Waals surface area contributed by atoms with Crippen LogP contribution in [0.1, 0.15) is 15.9 Å². The minimum Gasteiger partial charge on any atom is -0.478 e. The van der Waals surface area contributed by atoms with E-state index in [1.165, 1.54) is 12.1 Å². The molecule has 0 aliphatic heterocycles. The van der Waals surface area contributed by atoms with Crippen LogP contribution in [0.5, 0.6) is 0 Å². The summed E-state index contributed by atoms with van der Waals surface area (Å²) in [5.74, 6) is -0.953. The molecule has 5 nitrogen and oxygen atoms in total. The second-order valence-corrected chi connectivity index (χ2v) is 3.99. The molecule has 0 amide bonds. The number of hydrogen-bond donors (Lipinski definition) is 2. The first-order valence-electron chi connectivity index (χ1n) is 5.70. The SMILES string of the molecule is Nc1ccc(CN=Nc2ccc(C(=O)O)cc2)cc1. The van der Waals surface area contributed by atoms with E-state index in [4.69, 9.17) is 10.8 Å². The summed E-state index contributed by atoms with van der Waals surface area (Å²) in [6, 6.07) is 13.6. The highest BCUT2D eigenvalue weighted by Gasteiger charge is 2.00. The Balaban J connectivity index is 1.98. The van der Waals surface area contributed by atoms with Gasteiger partial charge in [0.25, 0.3) is 0 Å². The monoisotopic (exact) mass is 255 g/mol. The predicted octanol–water partition coefficient (Wildman–Crippen LogP) is 3.25. The molecule has 19 heavy (non-hydrogen) atoms. The topological polar surface area (TPSA) is 88.0 Å². The van der Waals surface area contributed by atoms with Gasteiger partial charge < -0.3 is 10.8 Å². The third-order valence-electron chi connectivity index (χ3n) is 2.53. The lowest BCUT2D eigenvalue weighted by atomic mass is 10.2. The van der Waals surface area contributed by atoms with Crippen LogP contribution >= 0.6 is 0 Å². The predicted molar refractivity (Wildman–Crippen MR) is 72.5 cm³/mol. The van der Waals surface area contributed by atoms with Gasteiger partial charge in [0, 0.05) is 5.69 Å². The van der Waals surface area contributed by atoms with Crippen molar-refractivity contribution in [2.24, 2.45) is 10.2 Å². The fraction of sp³-hybridized carbons (Fsp3) is 0.0714. The summed E-state index contributed by atoms with van der Waals surface area (Å²) < 4.78 is 0. The number of aromatic carboxylic acids is 1. The molecule has 0 saturated carbocycles. The van der Waals surface area contributed by atoms with E-state index in [0.717, 1.165) is 5.56 Å². The summed E-state index contributed by atoms with van der Waals surface area (Å²) in [5, 5.41) is 16.8. The molecule has 0 radical (unpaired) electrons. The van der Waals surface area contributed by atoms with Crippen LogP contribution in [0.2, 0.25) is 0 Å². The maximum atomic E-state index is 10.7. The Kier molecular flexibility index (Phi) is 3.87. The van der Waals surface area contributed by atoms with E-state index < -0.39 is 5.97 Å². The first-order chi connectivity index (χ1) is 9.15. The lowest BCUT2D eigenvalue weighted by Crippen LogP contribution is -1.93. The number of rotatable bonds is 4. The maximum absolute atomic E-state index is 10.7. The van der Waals surface area contributed by atoms with Crippen LogP contribution in [0.25, 0.3) is 0 Å². The van der Waals surface area contributed by atoms with E-state index in [9.17, 15) is 4.79 Å². The largest absolute Gasteiger partial charge is 0.478 e. The summed E-state index contributed by atoms with van der Waals surface area (Å²) in [5.41, 5.74) is 8.17. The third-order valence-corrected chi connectivity index (χ3v) is 2.53. The van der Waals surface area contributed by atoms with Gasteiger partial charge in [-0.2, -0.15) is 10.2 Å². The molecule has 0 saturated heterocycles.